The first-order valence-electron chi connectivity index (χ1n) is 11.8. The molecular formula is C25H37N5O2. The summed E-state index contributed by atoms with van der Waals surface area (Å²) in [4.78, 5) is 19.2. The summed E-state index contributed by atoms with van der Waals surface area (Å²) in [6, 6.07) is 13.8. The van der Waals surface area contributed by atoms with Crippen molar-refractivity contribution in [2.75, 3.05) is 39.8 Å². The minimum Gasteiger partial charge on any atom is -0.496 e. The maximum Gasteiger partial charge on any atom is 0.250 e. The SMILES string of the molecule is CCNC(=NCC(c1ccccc1OC)N1CCCC1)NCCCCn1ccccc1=O. The van der Waals surface area contributed by atoms with Gasteiger partial charge in [-0.1, -0.05) is 24.3 Å². The van der Waals surface area contributed by atoms with Crippen molar-refractivity contribution in [2.24, 2.45) is 4.99 Å². The van der Waals surface area contributed by atoms with E-state index in [2.05, 4.69) is 34.6 Å². The molecular weight excluding hydrogens is 402 g/mol. The van der Waals surface area contributed by atoms with Crippen molar-refractivity contribution in [3.63, 3.8) is 0 Å². The molecule has 2 aromatic rings. The lowest BCUT2D eigenvalue weighted by molar-refractivity contribution is 0.245. The van der Waals surface area contributed by atoms with Crippen LogP contribution in [0.5, 0.6) is 5.75 Å². The number of likely N-dealkylation sites (tertiary alicyclic amines) is 1. The number of aliphatic imine (C=N–C) groups is 1. The number of benzene rings is 1. The summed E-state index contributed by atoms with van der Waals surface area (Å²) in [5.74, 6) is 1.76. The highest BCUT2D eigenvalue weighted by molar-refractivity contribution is 5.79. The Bertz CT molecular complexity index is 905. The van der Waals surface area contributed by atoms with Crippen molar-refractivity contribution in [1.82, 2.24) is 20.1 Å². The van der Waals surface area contributed by atoms with Gasteiger partial charge in [0.25, 0.3) is 0 Å². The number of unbranched alkanes of at least 4 members (excludes halogenated alkanes) is 1. The van der Waals surface area contributed by atoms with Crippen LogP contribution in [-0.4, -0.2) is 55.3 Å². The van der Waals surface area contributed by atoms with Crippen LogP contribution < -0.4 is 20.9 Å². The predicted octanol–water partition coefficient (Wildman–Crippen LogP) is 3.03. The molecule has 0 aliphatic carbocycles. The van der Waals surface area contributed by atoms with Gasteiger partial charge in [0.05, 0.1) is 19.7 Å². The van der Waals surface area contributed by atoms with Gasteiger partial charge in [-0.15, -0.1) is 0 Å². The van der Waals surface area contributed by atoms with Crippen LogP contribution in [0.4, 0.5) is 0 Å². The van der Waals surface area contributed by atoms with Gasteiger partial charge in [-0.25, -0.2) is 0 Å². The molecule has 1 fully saturated rings. The van der Waals surface area contributed by atoms with Crippen molar-refractivity contribution in [3.8, 4) is 5.75 Å². The Labute approximate surface area is 191 Å². The minimum absolute atomic E-state index is 0.0552. The Morgan fingerprint density at radius 1 is 1.09 bits per heavy atom. The number of methoxy groups -OCH3 is 1. The fourth-order valence-corrected chi connectivity index (χ4v) is 4.18. The Morgan fingerprint density at radius 3 is 2.62 bits per heavy atom. The lowest BCUT2D eigenvalue weighted by Gasteiger charge is -2.28. The monoisotopic (exact) mass is 439 g/mol. The van der Waals surface area contributed by atoms with Gasteiger partial charge in [-0.2, -0.15) is 0 Å². The van der Waals surface area contributed by atoms with Crippen molar-refractivity contribution in [3.05, 3.63) is 64.6 Å². The first-order chi connectivity index (χ1) is 15.7. The summed E-state index contributed by atoms with van der Waals surface area (Å²) in [5.41, 5.74) is 1.25. The summed E-state index contributed by atoms with van der Waals surface area (Å²) in [6.45, 7) is 7.32. The van der Waals surface area contributed by atoms with Crippen LogP contribution in [0.1, 0.15) is 44.2 Å². The van der Waals surface area contributed by atoms with Crippen LogP contribution in [0.25, 0.3) is 0 Å². The molecule has 3 rings (SSSR count). The molecule has 1 aliphatic heterocycles. The van der Waals surface area contributed by atoms with Crippen LogP contribution in [0.2, 0.25) is 0 Å². The maximum absolute atomic E-state index is 11.8. The number of rotatable bonds is 11. The number of para-hydroxylation sites is 1. The molecule has 1 aromatic heterocycles. The summed E-state index contributed by atoms with van der Waals surface area (Å²) >= 11 is 0. The highest BCUT2D eigenvalue weighted by Gasteiger charge is 2.25. The van der Waals surface area contributed by atoms with Crippen LogP contribution >= 0.6 is 0 Å². The van der Waals surface area contributed by atoms with E-state index in [-0.39, 0.29) is 11.6 Å². The summed E-state index contributed by atoms with van der Waals surface area (Å²) in [6.07, 6.45) is 6.22. The molecule has 0 saturated carbocycles. The van der Waals surface area contributed by atoms with E-state index in [4.69, 9.17) is 9.73 Å². The minimum atomic E-state index is 0.0552. The summed E-state index contributed by atoms with van der Waals surface area (Å²) in [5, 5.41) is 6.81. The molecule has 0 spiro atoms. The van der Waals surface area contributed by atoms with E-state index in [9.17, 15) is 4.79 Å². The van der Waals surface area contributed by atoms with E-state index in [0.29, 0.717) is 6.54 Å². The molecule has 1 saturated heterocycles. The van der Waals surface area contributed by atoms with Gasteiger partial charge < -0.3 is 19.9 Å². The Balaban J connectivity index is 1.58. The van der Waals surface area contributed by atoms with E-state index in [1.54, 1.807) is 23.8 Å². The van der Waals surface area contributed by atoms with Gasteiger partial charge in [0.1, 0.15) is 5.75 Å². The average molecular weight is 440 g/mol. The number of nitrogens with one attached hydrogen (secondary N) is 2. The van der Waals surface area contributed by atoms with Gasteiger partial charge in [-0.3, -0.25) is 14.7 Å². The molecule has 0 amide bonds. The highest BCUT2D eigenvalue weighted by atomic mass is 16.5. The fraction of sp³-hybridized carbons (Fsp3) is 0.520. The maximum atomic E-state index is 11.8. The number of aromatic nitrogens is 1. The van der Waals surface area contributed by atoms with Gasteiger partial charge in [0.2, 0.25) is 5.56 Å². The topological polar surface area (TPSA) is 70.9 Å². The average Bonchev–Trinajstić information content (AvgIpc) is 3.35. The second kappa shape index (κ2) is 12.9. The molecule has 2 N–H and O–H groups in total. The van der Waals surface area contributed by atoms with E-state index < -0.39 is 0 Å². The van der Waals surface area contributed by atoms with Crippen molar-refractivity contribution < 1.29 is 4.74 Å². The molecule has 7 heteroatoms. The van der Waals surface area contributed by atoms with Crippen LogP contribution in [0.3, 0.4) is 0 Å². The van der Waals surface area contributed by atoms with Gasteiger partial charge in [0.15, 0.2) is 5.96 Å². The highest BCUT2D eigenvalue weighted by Crippen LogP contribution is 2.31. The Hall–Kier alpha value is -2.80. The number of guanidine groups is 1. The Kier molecular flexibility index (Phi) is 9.62. The normalized spacial score (nSPS) is 15.5. The van der Waals surface area contributed by atoms with E-state index in [0.717, 1.165) is 57.3 Å². The van der Waals surface area contributed by atoms with E-state index >= 15 is 0 Å². The number of ether oxygens (including phenoxy) is 1. The second-order valence-corrected chi connectivity index (χ2v) is 8.09. The number of nitrogens with zero attached hydrogens (tertiary/aromatic N) is 3. The summed E-state index contributed by atoms with van der Waals surface area (Å²) in [7, 11) is 1.73. The number of hydrogen-bond donors (Lipinski definition) is 2. The molecule has 0 bridgehead atoms. The van der Waals surface area contributed by atoms with Crippen molar-refractivity contribution in [2.45, 2.75) is 45.2 Å². The number of pyridine rings is 1. The zero-order chi connectivity index (χ0) is 22.6. The third-order valence-electron chi connectivity index (χ3n) is 5.86. The van der Waals surface area contributed by atoms with Gasteiger partial charge in [0, 0.05) is 37.5 Å². The smallest absolute Gasteiger partial charge is 0.250 e. The Morgan fingerprint density at radius 2 is 1.88 bits per heavy atom. The molecule has 0 radical (unpaired) electrons. The standard InChI is InChI=1S/C25H37N5O2/c1-3-26-25(27-15-7-9-19-30-18-8-6-14-24(30)31)28-20-22(29-16-10-11-17-29)21-12-4-5-13-23(21)32-2/h4-6,8,12-14,18,22H,3,7,9-11,15-17,19-20H2,1-2H3,(H2,26,27,28). The molecule has 174 valence electrons. The number of hydrogen-bond acceptors (Lipinski definition) is 4. The second-order valence-electron chi connectivity index (χ2n) is 8.09. The molecule has 32 heavy (non-hydrogen) atoms. The zero-order valence-electron chi connectivity index (χ0n) is 19.4. The van der Waals surface area contributed by atoms with Gasteiger partial charge >= 0.3 is 0 Å². The van der Waals surface area contributed by atoms with Crippen molar-refractivity contribution >= 4 is 5.96 Å². The van der Waals surface area contributed by atoms with Gasteiger partial charge in [-0.05, 0) is 57.8 Å². The third kappa shape index (κ3) is 6.85. The molecule has 7 nitrogen and oxygen atoms in total. The first kappa shape index (κ1) is 23.9. The first-order valence-corrected chi connectivity index (χ1v) is 11.8. The molecule has 2 heterocycles. The lowest BCUT2D eigenvalue weighted by atomic mass is 10.0. The lowest BCUT2D eigenvalue weighted by Crippen LogP contribution is -2.39. The fourth-order valence-electron chi connectivity index (χ4n) is 4.18. The van der Waals surface area contributed by atoms with Crippen LogP contribution in [0.15, 0.2) is 58.4 Å². The van der Waals surface area contributed by atoms with Crippen LogP contribution in [-0.2, 0) is 6.54 Å². The van der Waals surface area contributed by atoms with Crippen molar-refractivity contribution in [1.29, 1.82) is 0 Å². The molecule has 1 atom stereocenters. The van der Waals surface area contributed by atoms with E-state index in [1.165, 1.54) is 18.4 Å². The third-order valence-corrected chi connectivity index (χ3v) is 5.86. The largest absolute Gasteiger partial charge is 0.496 e. The van der Waals surface area contributed by atoms with E-state index in [1.807, 2.05) is 24.4 Å². The number of aryl methyl sites for hydroxylation is 1. The summed E-state index contributed by atoms with van der Waals surface area (Å²) < 4.78 is 7.40. The predicted molar refractivity (Wildman–Crippen MR) is 130 cm³/mol. The zero-order valence-corrected chi connectivity index (χ0v) is 19.4. The van der Waals surface area contributed by atoms with Crippen LogP contribution in [0, 0.1) is 0 Å². The quantitative estimate of drug-likeness (QED) is 0.320. The molecule has 1 unspecified atom stereocenters. The molecule has 1 aromatic carbocycles. The molecule has 1 aliphatic rings.